The molecule has 1 fully saturated rings. The summed E-state index contributed by atoms with van der Waals surface area (Å²) < 4.78 is 30.0. The number of benzene rings is 3. The summed E-state index contributed by atoms with van der Waals surface area (Å²) in [5, 5.41) is 2.85. The topological polar surface area (TPSA) is 92.8 Å². The first kappa shape index (κ1) is 28.5. The predicted molar refractivity (Wildman–Crippen MR) is 154 cm³/mol. The smallest absolute Gasteiger partial charge is 0.258 e. The van der Waals surface area contributed by atoms with Crippen molar-refractivity contribution in [2.24, 2.45) is 0 Å². The fraction of sp³-hybridized carbons (Fsp3) is 0.355. The van der Waals surface area contributed by atoms with Crippen molar-refractivity contribution < 1.29 is 22.7 Å². The lowest BCUT2D eigenvalue weighted by atomic mass is 9.91. The highest BCUT2D eigenvalue weighted by atomic mass is 32.2. The van der Waals surface area contributed by atoms with E-state index in [0.717, 1.165) is 24.1 Å². The van der Waals surface area contributed by atoms with E-state index < -0.39 is 15.4 Å². The molecule has 3 aromatic rings. The Balaban J connectivity index is 1.48. The summed E-state index contributed by atoms with van der Waals surface area (Å²) in [6, 6.07) is 21.1. The summed E-state index contributed by atoms with van der Waals surface area (Å²) in [5.74, 6) is -0.347. The molecule has 2 amide bonds. The number of aryl methyl sites for hydroxylation is 1. The molecule has 0 spiro atoms. The van der Waals surface area contributed by atoms with Crippen molar-refractivity contribution in [3.63, 3.8) is 0 Å². The molecule has 8 heteroatoms. The van der Waals surface area contributed by atoms with Crippen molar-refractivity contribution >= 4 is 33.0 Å². The molecule has 0 bridgehead atoms. The maximum absolute atomic E-state index is 13.9. The number of nitrogens with one attached hydrogen (secondary N) is 1. The van der Waals surface area contributed by atoms with Gasteiger partial charge in [0, 0.05) is 23.5 Å². The number of carbonyl (C=O) groups excluding carboxylic acids is 2. The number of sulfone groups is 1. The first-order chi connectivity index (χ1) is 18.5. The van der Waals surface area contributed by atoms with Gasteiger partial charge in [-0.25, -0.2) is 8.42 Å². The van der Waals surface area contributed by atoms with E-state index in [0.29, 0.717) is 23.4 Å². The zero-order valence-corrected chi connectivity index (χ0v) is 23.8. The quantitative estimate of drug-likeness (QED) is 0.377. The Bertz CT molecular complexity index is 1410. The molecule has 1 aliphatic heterocycles. The summed E-state index contributed by atoms with van der Waals surface area (Å²) in [7, 11) is -3.28. The highest BCUT2D eigenvalue weighted by Crippen LogP contribution is 2.34. The lowest BCUT2D eigenvalue weighted by Crippen LogP contribution is -2.55. The minimum atomic E-state index is -3.28. The van der Waals surface area contributed by atoms with Crippen molar-refractivity contribution in [1.82, 2.24) is 0 Å². The van der Waals surface area contributed by atoms with Crippen molar-refractivity contribution in [3.05, 3.63) is 89.5 Å². The summed E-state index contributed by atoms with van der Waals surface area (Å²) >= 11 is 0. The Labute approximate surface area is 231 Å². The average molecular weight is 549 g/mol. The molecule has 0 saturated carbocycles. The zero-order chi connectivity index (χ0) is 28.2. The van der Waals surface area contributed by atoms with E-state index in [1.54, 1.807) is 43.3 Å². The maximum Gasteiger partial charge on any atom is 0.258 e. The average Bonchev–Trinajstić information content (AvgIpc) is 3.47. The number of hydrogen-bond acceptors (Lipinski definition) is 5. The van der Waals surface area contributed by atoms with Gasteiger partial charge in [0.2, 0.25) is 5.91 Å². The van der Waals surface area contributed by atoms with Crippen LogP contribution in [0.25, 0.3) is 0 Å². The number of rotatable bonds is 9. The van der Waals surface area contributed by atoms with Gasteiger partial charge in [0.25, 0.3) is 5.91 Å². The highest BCUT2D eigenvalue weighted by molar-refractivity contribution is 7.91. The molecule has 1 atom stereocenters. The Kier molecular flexibility index (Phi) is 8.57. The Morgan fingerprint density at radius 2 is 1.62 bits per heavy atom. The van der Waals surface area contributed by atoms with Crippen LogP contribution < -0.4 is 10.2 Å². The molecule has 1 unspecified atom stereocenters. The van der Waals surface area contributed by atoms with Crippen LogP contribution in [-0.4, -0.2) is 44.2 Å². The normalized spacial score (nSPS) is 15.6. The van der Waals surface area contributed by atoms with Crippen LogP contribution in [0.4, 0.5) is 11.4 Å². The van der Waals surface area contributed by atoms with Crippen LogP contribution in [0.3, 0.4) is 0 Å². The fourth-order valence-electron chi connectivity index (χ4n) is 4.88. The number of hydrogen-bond donors (Lipinski definition) is 1. The van der Waals surface area contributed by atoms with Crippen molar-refractivity contribution in [1.29, 1.82) is 0 Å². The number of carbonyl (C=O) groups is 2. The lowest BCUT2D eigenvalue weighted by Gasteiger charge is -2.42. The minimum absolute atomic E-state index is 0.0277. The fourth-order valence-corrected chi connectivity index (χ4v) is 5.77. The van der Waals surface area contributed by atoms with Crippen molar-refractivity contribution in [2.75, 3.05) is 22.6 Å². The molecule has 1 N–H and O–H groups in total. The summed E-state index contributed by atoms with van der Waals surface area (Å²) in [5.41, 5.74) is 3.14. The second-order valence-corrected chi connectivity index (χ2v) is 12.8. The predicted octanol–water partition coefficient (Wildman–Crippen LogP) is 5.57. The van der Waals surface area contributed by atoms with Crippen LogP contribution in [0, 0.1) is 6.92 Å². The standard InChI is InChI=1S/C31H36N2O5S/c1-5-39(36,37)27-18-10-23(11-19-27)21-29(34)32-25-14-12-24(13-15-25)30(35)33(26-16-8-22(2)9-17-26)31(3,4)28-7-6-20-38-28/h8-19,28H,5-7,20-21H2,1-4H3,(H,32,34). The van der Waals surface area contributed by atoms with E-state index in [1.807, 2.05) is 49.9 Å². The van der Waals surface area contributed by atoms with Crippen molar-refractivity contribution in [3.8, 4) is 0 Å². The highest BCUT2D eigenvalue weighted by Gasteiger charge is 2.41. The van der Waals surface area contributed by atoms with Gasteiger partial charge in [-0.3, -0.25) is 9.59 Å². The molecule has 3 aromatic carbocycles. The number of ether oxygens (including phenoxy) is 1. The Morgan fingerprint density at radius 1 is 0.974 bits per heavy atom. The second kappa shape index (κ2) is 11.7. The number of amides is 2. The Morgan fingerprint density at radius 3 is 2.18 bits per heavy atom. The molecule has 4 rings (SSSR count). The minimum Gasteiger partial charge on any atom is -0.376 e. The molecular weight excluding hydrogens is 512 g/mol. The van der Waals surface area contributed by atoms with E-state index >= 15 is 0 Å². The van der Waals surface area contributed by atoms with Gasteiger partial charge in [0.15, 0.2) is 9.84 Å². The van der Waals surface area contributed by atoms with Crippen LogP contribution >= 0.6 is 0 Å². The molecule has 206 valence electrons. The van der Waals surface area contributed by atoms with E-state index in [4.69, 9.17) is 4.74 Å². The van der Waals surface area contributed by atoms with Gasteiger partial charge in [-0.1, -0.05) is 36.8 Å². The van der Waals surface area contributed by atoms with Crippen LogP contribution in [0.2, 0.25) is 0 Å². The first-order valence-corrected chi connectivity index (χ1v) is 14.9. The van der Waals surface area contributed by atoms with Crippen LogP contribution in [0.15, 0.2) is 77.7 Å². The third-order valence-corrected chi connectivity index (χ3v) is 8.98. The molecule has 7 nitrogen and oxygen atoms in total. The van der Waals surface area contributed by atoms with Gasteiger partial charge in [-0.2, -0.15) is 0 Å². The molecule has 1 heterocycles. The SMILES string of the molecule is CCS(=O)(=O)c1ccc(CC(=O)Nc2ccc(C(=O)N(c3ccc(C)cc3)C(C)(C)C3CCCO3)cc2)cc1. The van der Waals surface area contributed by atoms with Crippen LogP contribution in [-0.2, 0) is 25.8 Å². The maximum atomic E-state index is 13.9. The third-order valence-electron chi connectivity index (χ3n) is 7.23. The van der Waals surface area contributed by atoms with Crippen molar-refractivity contribution in [2.45, 2.75) is 63.5 Å². The molecule has 0 radical (unpaired) electrons. The van der Waals surface area contributed by atoms with Crippen LogP contribution in [0.5, 0.6) is 0 Å². The molecule has 0 aliphatic carbocycles. The zero-order valence-electron chi connectivity index (χ0n) is 22.9. The second-order valence-electron chi connectivity index (χ2n) is 10.5. The summed E-state index contributed by atoms with van der Waals surface area (Å²) in [6.45, 7) is 8.39. The Hall–Kier alpha value is -3.49. The van der Waals surface area contributed by atoms with E-state index in [9.17, 15) is 18.0 Å². The molecular formula is C31H36N2O5S. The van der Waals surface area contributed by atoms with E-state index in [-0.39, 0.29) is 35.0 Å². The van der Waals surface area contributed by atoms with Gasteiger partial charge in [0.05, 0.1) is 28.7 Å². The van der Waals surface area contributed by atoms with Gasteiger partial charge in [0.1, 0.15) is 0 Å². The molecule has 1 aliphatic rings. The first-order valence-electron chi connectivity index (χ1n) is 13.3. The van der Waals surface area contributed by atoms with Gasteiger partial charge < -0.3 is 15.0 Å². The van der Waals surface area contributed by atoms with E-state index in [1.165, 1.54) is 12.1 Å². The van der Waals surface area contributed by atoms with E-state index in [2.05, 4.69) is 5.32 Å². The summed E-state index contributed by atoms with van der Waals surface area (Å²) in [6.07, 6.45) is 1.90. The third kappa shape index (κ3) is 6.57. The molecule has 1 saturated heterocycles. The van der Waals surface area contributed by atoms with Crippen LogP contribution in [0.1, 0.15) is 55.1 Å². The number of nitrogens with zero attached hydrogens (tertiary/aromatic N) is 1. The largest absolute Gasteiger partial charge is 0.376 e. The van der Waals surface area contributed by atoms with Gasteiger partial charge in [-0.15, -0.1) is 0 Å². The van der Waals surface area contributed by atoms with Gasteiger partial charge in [-0.05, 0) is 87.7 Å². The molecule has 0 aromatic heterocycles. The summed E-state index contributed by atoms with van der Waals surface area (Å²) in [4.78, 5) is 28.6. The molecule has 39 heavy (non-hydrogen) atoms. The lowest BCUT2D eigenvalue weighted by molar-refractivity contribution is -0.115. The number of anilines is 2. The van der Waals surface area contributed by atoms with Gasteiger partial charge >= 0.3 is 0 Å². The monoisotopic (exact) mass is 548 g/mol.